The first-order valence-electron chi connectivity index (χ1n) is 6.95. The largest absolute Gasteiger partial charge is 0.302 e. The predicted molar refractivity (Wildman–Crippen MR) is 87.0 cm³/mol. The summed E-state index contributed by atoms with van der Waals surface area (Å²) in [5, 5.41) is 9.19. The van der Waals surface area contributed by atoms with Gasteiger partial charge in [-0.2, -0.15) is 5.10 Å². The van der Waals surface area contributed by atoms with Gasteiger partial charge in [-0.25, -0.2) is 4.98 Å². The van der Waals surface area contributed by atoms with Gasteiger partial charge in [-0.3, -0.25) is 4.68 Å². The number of rotatable bonds is 6. The Morgan fingerprint density at radius 3 is 2.70 bits per heavy atom. The van der Waals surface area contributed by atoms with Crippen LogP contribution in [-0.2, 0) is 26.4 Å². The maximum absolute atomic E-state index is 4.51. The maximum Gasteiger partial charge on any atom is 0.109 e. The van der Waals surface area contributed by atoms with Crippen molar-refractivity contribution in [2.45, 2.75) is 46.2 Å². The average molecular weight is 357 g/mol. The van der Waals surface area contributed by atoms with Gasteiger partial charge in [-0.05, 0) is 35.7 Å². The summed E-state index contributed by atoms with van der Waals surface area (Å²) < 4.78 is 3.07. The average Bonchev–Trinajstić information content (AvgIpc) is 3.02. The van der Waals surface area contributed by atoms with Gasteiger partial charge in [0.1, 0.15) is 5.01 Å². The van der Waals surface area contributed by atoms with Crippen LogP contribution in [0.3, 0.4) is 0 Å². The number of nitrogens with zero attached hydrogens (tertiary/aromatic N) is 3. The molecule has 4 nitrogen and oxygen atoms in total. The molecule has 0 saturated carbocycles. The highest BCUT2D eigenvalue weighted by Crippen LogP contribution is 2.24. The third kappa shape index (κ3) is 3.30. The van der Waals surface area contributed by atoms with E-state index in [-0.39, 0.29) is 6.04 Å². The highest BCUT2D eigenvalue weighted by molar-refractivity contribution is 9.10. The number of aromatic nitrogens is 3. The number of halogens is 1. The van der Waals surface area contributed by atoms with Crippen LogP contribution in [0.2, 0.25) is 0 Å². The Bertz CT molecular complexity index is 576. The molecule has 0 aliphatic rings. The molecule has 1 unspecified atom stereocenters. The van der Waals surface area contributed by atoms with Gasteiger partial charge in [-0.1, -0.05) is 13.8 Å². The smallest absolute Gasteiger partial charge is 0.109 e. The standard InChI is InChI=1S/C14H21BrN4S/c1-5-10-7-17-14(20-10)9(3)16-8-12-13(15)11(6-2)18-19(12)4/h7,9,16H,5-6,8H2,1-4H3. The molecule has 2 heterocycles. The Balaban J connectivity index is 2.03. The van der Waals surface area contributed by atoms with E-state index in [9.17, 15) is 0 Å². The first kappa shape index (κ1) is 15.7. The van der Waals surface area contributed by atoms with Crippen LogP contribution in [0.5, 0.6) is 0 Å². The molecule has 0 amide bonds. The maximum atomic E-state index is 4.51. The van der Waals surface area contributed by atoms with E-state index in [4.69, 9.17) is 0 Å². The van der Waals surface area contributed by atoms with Crippen molar-refractivity contribution in [3.8, 4) is 0 Å². The van der Waals surface area contributed by atoms with E-state index in [2.05, 4.69) is 52.1 Å². The van der Waals surface area contributed by atoms with E-state index in [0.29, 0.717) is 0 Å². The third-order valence-electron chi connectivity index (χ3n) is 3.37. The molecule has 0 spiro atoms. The molecule has 20 heavy (non-hydrogen) atoms. The van der Waals surface area contributed by atoms with Crippen LogP contribution in [0.1, 0.15) is 48.1 Å². The van der Waals surface area contributed by atoms with Crippen LogP contribution >= 0.6 is 27.3 Å². The fourth-order valence-corrected chi connectivity index (χ4v) is 3.68. The van der Waals surface area contributed by atoms with E-state index < -0.39 is 0 Å². The molecule has 1 N–H and O–H groups in total. The Morgan fingerprint density at radius 1 is 1.40 bits per heavy atom. The van der Waals surface area contributed by atoms with Crippen molar-refractivity contribution in [1.29, 1.82) is 0 Å². The molecule has 110 valence electrons. The van der Waals surface area contributed by atoms with Crippen molar-refractivity contribution in [2.75, 3.05) is 0 Å². The minimum Gasteiger partial charge on any atom is -0.302 e. The summed E-state index contributed by atoms with van der Waals surface area (Å²) in [5.41, 5.74) is 2.29. The van der Waals surface area contributed by atoms with Gasteiger partial charge < -0.3 is 5.32 Å². The lowest BCUT2D eigenvalue weighted by atomic mass is 10.3. The van der Waals surface area contributed by atoms with Crippen LogP contribution in [0.15, 0.2) is 10.7 Å². The fraction of sp³-hybridized carbons (Fsp3) is 0.571. The fourth-order valence-electron chi connectivity index (χ4n) is 2.04. The second kappa shape index (κ2) is 6.83. The zero-order valence-electron chi connectivity index (χ0n) is 12.4. The molecule has 0 aliphatic carbocycles. The molecule has 1 atom stereocenters. The van der Waals surface area contributed by atoms with Crippen LogP contribution in [-0.4, -0.2) is 14.8 Å². The third-order valence-corrected chi connectivity index (χ3v) is 5.61. The second-order valence-corrected chi connectivity index (χ2v) is 6.75. The molecular weight excluding hydrogens is 336 g/mol. The molecule has 0 aliphatic heterocycles. The van der Waals surface area contributed by atoms with Gasteiger partial charge in [-0.15, -0.1) is 11.3 Å². The highest BCUT2D eigenvalue weighted by Gasteiger charge is 2.15. The summed E-state index contributed by atoms with van der Waals surface area (Å²) in [6, 6.07) is 0.257. The summed E-state index contributed by atoms with van der Waals surface area (Å²) in [5.74, 6) is 0. The van der Waals surface area contributed by atoms with E-state index >= 15 is 0 Å². The number of thiazole rings is 1. The normalized spacial score (nSPS) is 12.8. The molecule has 0 fully saturated rings. The molecule has 2 aromatic rings. The Kier molecular flexibility index (Phi) is 5.35. The molecule has 0 saturated heterocycles. The molecule has 2 aromatic heterocycles. The van der Waals surface area contributed by atoms with Gasteiger partial charge in [0, 0.05) is 24.7 Å². The van der Waals surface area contributed by atoms with Crippen molar-refractivity contribution >= 4 is 27.3 Å². The monoisotopic (exact) mass is 356 g/mol. The first-order chi connectivity index (χ1) is 9.56. The Morgan fingerprint density at radius 2 is 2.15 bits per heavy atom. The summed E-state index contributed by atoms with van der Waals surface area (Å²) in [4.78, 5) is 5.82. The Labute approximate surface area is 132 Å². The SMILES string of the molecule is CCc1cnc(C(C)NCc2c(Br)c(CC)nn2C)s1. The zero-order valence-corrected chi connectivity index (χ0v) is 14.8. The van der Waals surface area contributed by atoms with Crippen LogP contribution in [0, 0.1) is 0 Å². The number of aryl methyl sites for hydroxylation is 3. The summed E-state index contributed by atoms with van der Waals surface area (Å²) >= 11 is 5.43. The number of hydrogen-bond donors (Lipinski definition) is 1. The quantitative estimate of drug-likeness (QED) is 0.859. The van der Waals surface area contributed by atoms with Crippen LogP contribution in [0.4, 0.5) is 0 Å². The van der Waals surface area contributed by atoms with E-state index in [1.165, 1.54) is 10.6 Å². The van der Waals surface area contributed by atoms with Crippen molar-refractivity contribution in [2.24, 2.45) is 7.05 Å². The number of nitrogens with one attached hydrogen (secondary N) is 1. The lowest BCUT2D eigenvalue weighted by Gasteiger charge is -2.11. The first-order valence-corrected chi connectivity index (χ1v) is 8.55. The van der Waals surface area contributed by atoms with Gasteiger partial charge in [0.15, 0.2) is 0 Å². The van der Waals surface area contributed by atoms with Crippen molar-refractivity contribution in [3.63, 3.8) is 0 Å². The van der Waals surface area contributed by atoms with E-state index in [0.717, 1.165) is 34.6 Å². The topological polar surface area (TPSA) is 42.7 Å². The molecule has 0 bridgehead atoms. The van der Waals surface area contributed by atoms with Gasteiger partial charge in [0.25, 0.3) is 0 Å². The molecular formula is C14H21BrN4S. The lowest BCUT2D eigenvalue weighted by Crippen LogP contribution is -2.19. The summed E-state index contributed by atoms with van der Waals surface area (Å²) in [7, 11) is 1.99. The zero-order chi connectivity index (χ0) is 14.7. The van der Waals surface area contributed by atoms with E-state index in [1.54, 1.807) is 11.3 Å². The highest BCUT2D eigenvalue weighted by atomic mass is 79.9. The molecule has 0 aromatic carbocycles. The van der Waals surface area contributed by atoms with Crippen molar-refractivity contribution < 1.29 is 0 Å². The van der Waals surface area contributed by atoms with Gasteiger partial charge in [0.05, 0.1) is 21.9 Å². The van der Waals surface area contributed by atoms with Gasteiger partial charge >= 0.3 is 0 Å². The van der Waals surface area contributed by atoms with Gasteiger partial charge in [0.2, 0.25) is 0 Å². The minimum atomic E-state index is 0.257. The second-order valence-electron chi connectivity index (χ2n) is 4.81. The Hall–Kier alpha value is -0.720. The number of hydrogen-bond acceptors (Lipinski definition) is 4. The van der Waals surface area contributed by atoms with E-state index in [1.807, 2.05) is 17.9 Å². The molecule has 0 radical (unpaired) electrons. The lowest BCUT2D eigenvalue weighted by molar-refractivity contribution is 0.544. The molecule has 6 heteroatoms. The predicted octanol–water partition coefficient (Wildman–Crippen LogP) is 3.61. The summed E-state index contributed by atoms with van der Waals surface area (Å²) in [6.45, 7) is 7.22. The molecule has 2 rings (SSSR count). The van der Waals surface area contributed by atoms with Crippen LogP contribution < -0.4 is 5.32 Å². The van der Waals surface area contributed by atoms with Crippen molar-refractivity contribution in [1.82, 2.24) is 20.1 Å². The minimum absolute atomic E-state index is 0.257. The summed E-state index contributed by atoms with van der Waals surface area (Å²) in [6.07, 6.45) is 3.97. The van der Waals surface area contributed by atoms with Crippen molar-refractivity contribution in [3.05, 3.63) is 31.9 Å². The van der Waals surface area contributed by atoms with Crippen LogP contribution in [0.25, 0.3) is 0 Å².